The number of benzene rings is 1. The van der Waals surface area contributed by atoms with E-state index in [9.17, 15) is 19.3 Å². The van der Waals surface area contributed by atoms with E-state index in [1.54, 1.807) is 0 Å². The lowest BCUT2D eigenvalue weighted by Crippen LogP contribution is -2.27. The van der Waals surface area contributed by atoms with Gasteiger partial charge in [-0.15, -0.1) is 6.58 Å². The van der Waals surface area contributed by atoms with Gasteiger partial charge >= 0.3 is 6.09 Å². The fraction of sp³-hybridized carbons (Fsp3) is 0.125. The molecule has 0 fully saturated rings. The smallest absolute Gasteiger partial charge is 0.405 e. The fourth-order valence-corrected chi connectivity index (χ4v) is 2.36. The molecule has 25 heavy (non-hydrogen) atoms. The van der Waals surface area contributed by atoms with Crippen LogP contribution in [0.4, 0.5) is 20.6 Å². The zero-order chi connectivity index (χ0) is 18.6. The van der Waals surface area contributed by atoms with Crippen LogP contribution in [0.2, 0.25) is 0 Å². The molecular weight excluding hydrogens is 331 g/mol. The summed E-state index contributed by atoms with van der Waals surface area (Å²) in [5.74, 6) is -0.829. The van der Waals surface area contributed by atoms with E-state index in [2.05, 4.69) is 16.9 Å². The van der Waals surface area contributed by atoms with Gasteiger partial charge in [-0.25, -0.2) is 9.78 Å². The molecule has 9 heteroatoms. The van der Waals surface area contributed by atoms with Crippen molar-refractivity contribution in [2.75, 3.05) is 5.73 Å². The van der Waals surface area contributed by atoms with E-state index in [1.807, 2.05) is 0 Å². The number of amides is 1. The quantitative estimate of drug-likeness (QED) is 0.242. The summed E-state index contributed by atoms with van der Waals surface area (Å²) in [6, 6.07) is 4.42. The van der Waals surface area contributed by atoms with Crippen molar-refractivity contribution in [3.05, 3.63) is 64.7 Å². The van der Waals surface area contributed by atoms with Gasteiger partial charge in [-0.1, -0.05) is 6.08 Å². The van der Waals surface area contributed by atoms with Gasteiger partial charge in [0.2, 0.25) is 5.95 Å². The van der Waals surface area contributed by atoms with Crippen LogP contribution in [0.3, 0.4) is 0 Å². The number of hydrogen-bond donors (Lipinski definition) is 3. The second-order valence-electron chi connectivity index (χ2n) is 5.16. The first-order chi connectivity index (χ1) is 11.8. The molecule has 2 rings (SSSR count). The van der Waals surface area contributed by atoms with Crippen molar-refractivity contribution in [2.24, 2.45) is 0 Å². The number of anilines is 1. The minimum absolute atomic E-state index is 0.0255. The first kappa shape index (κ1) is 17.9. The van der Waals surface area contributed by atoms with Gasteiger partial charge in [0.05, 0.1) is 11.0 Å². The molecular formula is C16H15FN4O4. The number of non-ortho nitro benzene ring substituents is 1. The number of nitrogens with two attached hydrogens (primary N) is 1. The van der Waals surface area contributed by atoms with Crippen LogP contribution >= 0.6 is 0 Å². The standard InChI is InChI=1S/C16H15FN4O4/c1-2-3-14(20-16(22)23)12-6-9(8-19-15(12)17)11-5-4-10(21(24)25)7-13(11)18/h2,4-8,14,20H,1,3,18H2,(H,22,23). The Bertz CT molecular complexity index is 841. The number of halogens is 1. The van der Waals surface area contributed by atoms with Crippen LogP contribution in [0.25, 0.3) is 11.1 Å². The molecule has 0 saturated heterocycles. The Hall–Kier alpha value is -3.49. The summed E-state index contributed by atoms with van der Waals surface area (Å²) in [4.78, 5) is 24.7. The maximum Gasteiger partial charge on any atom is 0.405 e. The summed E-state index contributed by atoms with van der Waals surface area (Å²) in [7, 11) is 0. The maximum absolute atomic E-state index is 14.1. The molecule has 1 aromatic carbocycles. The number of nitro benzene ring substituents is 1. The average molecular weight is 346 g/mol. The SMILES string of the molecule is C=CCC(NC(=O)O)c1cc(-c2ccc([N+](=O)[O-])cc2N)cnc1F. The predicted octanol–water partition coefficient (Wildman–Crippen LogP) is 3.26. The molecule has 0 aliphatic rings. The number of nitro groups is 1. The van der Waals surface area contributed by atoms with E-state index < -0.39 is 23.0 Å². The Morgan fingerprint density at radius 1 is 1.52 bits per heavy atom. The van der Waals surface area contributed by atoms with Crippen LogP contribution < -0.4 is 11.1 Å². The first-order valence-corrected chi connectivity index (χ1v) is 7.13. The number of nitrogens with one attached hydrogen (secondary N) is 1. The summed E-state index contributed by atoms with van der Waals surface area (Å²) in [5, 5.41) is 21.9. The van der Waals surface area contributed by atoms with E-state index >= 15 is 0 Å². The Balaban J connectivity index is 2.49. The van der Waals surface area contributed by atoms with Crippen LogP contribution in [-0.2, 0) is 0 Å². The zero-order valence-electron chi connectivity index (χ0n) is 13.0. The molecule has 0 aliphatic heterocycles. The minimum atomic E-state index is -1.31. The topological polar surface area (TPSA) is 131 Å². The Morgan fingerprint density at radius 3 is 2.80 bits per heavy atom. The van der Waals surface area contributed by atoms with Crippen molar-refractivity contribution in [3.8, 4) is 11.1 Å². The van der Waals surface area contributed by atoms with Gasteiger partial charge in [0.15, 0.2) is 0 Å². The summed E-state index contributed by atoms with van der Waals surface area (Å²) < 4.78 is 14.1. The number of pyridine rings is 1. The molecule has 0 saturated carbocycles. The largest absolute Gasteiger partial charge is 0.465 e. The highest BCUT2D eigenvalue weighted by atomic mass is 19.1. The number of aromatic nitrogens is 1. The average Bonchev–Trinajstić information content (AvgIpc) is 2.54. The molecule has 8 nitrogen and oxygen atoms in total. The van der Waals surface area contributed by atoms with Crippen LogP contribution in [0.5, 0.6) is 0 Å². The number of hydrogen-bond acceptors (Lipinski definition) is 5. The maximum atomic E-state index is 14.1. The van der Waals surface area contributed by atoms with Crippen molar-refractivity contribution in [1.29, 1.82) is 0 Å². The Kier molecular flexibility index (Phi) is 5.28. The second-order valence-corrected chi connectivity index (χ2v) is 5.16. The van der Waals surface area contributed by atoms with Gasteiger partial charge in [0.25, 0.3) is 5.69 Å². The molecule has 4 N–H and O–H groups in total. The Morgan fingerprint density at radius 2 is 2.24 bits per heavy atom. The van der Waals surface area contributed by atoms with Crippen molar-refractivity contribution >= 4 is 17.5 Å². The molecule has 1 atom stereocenters. The van der Waals surface area contributed by atoms with Crippen LogP contribution in [0.15, 0.2) is 43.1 Å². The van der Waals surface area contributed by atoms with E-state index in [0.29, 0.717) is 11.1 Å². The molecule has 0 radical (unpaired) electrons. The highest BCUT2D eigenvalue weighted by Crippen LogP contribution is 2.31. The van der Waals surface area contributed by atoms with Gasteiger partial charge in [0.1, 0.15) is 0 Å². The number of carboxylic acid groups (broad SMARTS) is 1. The zero-order valence-corrected chi connectivity index (χ0v) is 13.0. The third-order valence-corrected chi connectivity index (χ3v) is 3.50. The van der Waals surface area contributed by atoms with E-state index in [-0.39, 0.29) is 23.4 Å². The number of rotatable bonds is 6. The van der Waals surface area contributed by atoms with Gasteiger partial charge < -0.3 is 16.2 Å². The summed E-state index contributed by atoms with van der Waals surface area (Å²) in [6.45, 7) is 3.52. The summed E-state index contributed by atoms with van der Waals surface area (Å²) >= 11 is 0. The van der Waals surface area contributed by atoms with Crippen molar-refractivity contribution in [3.63, 3.8) is 0 Å². The molecule has 1 heterocycles. The van der Waals surface area contributed by atoms with Gasteiger partial charge in [-0.2, -0.15) is 4.39 Å². The lowest BCUT2D eigenvalue weighted by molar-refractivity contribution is -0.384. The van der Waals surface area contributed by atoms with Gasteiger partial charge in [-0.05, 0) is 18.6 Å². The highest BCUT2D eigenvalue weighted by molar-refractivity contribution is 5.78. The molecule has 0 aliphatic carbocycles. The monoisotopic (exact) mass is 346 g/mol. The molecule has 130 valence electrons. The molecule has 2 aromatic rings. The molecule has 1 aromatic heterocycles. The number of nitrogens with zero attached hydrogens (tertiary/aromatic N) is 2. The Labute approximate surface area is 142 Å². The summed E-state index contributed by atoms with van der Waals surface area (Å²) in [6.07, 6.45) is 1.52. The summed E-state index contributed by atoms with van der Waals surface area (Å²) in [5.41, 5.74) is 6.65. The van der Waals surface area contributed by atoms with E-state index in [0.717, 1.165) is 0 Å². The first-order valence-electron chi connectivity index (χ1n) is 7.13. The van der Waals surface area contributed by atoms with E-state index in [4.69, 9.17) is 10.8 Å². The highest BCUT2D eigenvalue weighted by Gasteiger charge is 2.19. The van der Waals surface area contributed by atoms with Crippen LogP contribution in [0, 0.1) is 16.1 Å². The fourth-order valence-electron chi connectivity index (χ4n) is 2.36. The molecule has 0 spiro atoms. The van der Waals surface area contributed by atoms with Crippen LogP contribution in [-0.4, -0.2) is 21.1 Å². The number of nitrogen functional groups attached to an aromatic ring is 1. The predicted molar refractivity (Wildman–Crippen MR) is 89.4 cm³/mol. The van der Waals surface area contributed by atoms with Gasteiger partial charge in [-0.3, -0.25) is 10.1 Å². The molecule has 0 bridgehead atoms. The van der Waals surface area contributed by atoms with Crippen molar-refractivity contribution < 1.29 is 19.2 Å². The molecule has 1 unspecified atom stereocenters. The third-order valence-electron chi connectivity index (χ3n) is 3.50. The number of carbonyl (C=O) groups is 1. The van der Waals surface area contributed by atoms with Crippen LogP contribution in [0.1, 0.15) is 18.0 Å². The van der Waals surface area contributed by atoms with E-state index in [1.165, 1.54) is 36.5 Å². The van der Waals surface area contributed by atoms with Crippen molar-refractivity contribution in [1.82, 2.24) is 10.3 Å². The van der Waals surface area contributed by atoms with Gasteiger partial charge in [0, 0.05) is 40.7 Å². The second kappa shape index (κ2) is 7.39. The van der Waals surface area contributed by atoms with Crippen molar-refractivity contribution in [2.45, 2.75) is 12.5 Å². The minimum Gasteiger partial charge on any atom is -0.465 e. The molecule has 1 amide bonds. The normalized spacial score (nSPS) is 11.6. The third kappa shape index (κ3) is 4.08. The lowest BCUT2D eigenvalue weighted by atomic mass is 9.99. The lowest BCUT2D eigenvalue weighted by Gasteiger charge is -2.17.